The number of nitrogens with two attached hydrogens (primary N) is 1. The number of anilines is 1. The summed E-state index contributed by atoms with van der Waals surface area (Å²) in [4.78, 5) is 33.8. The van der Waals surface area contributed by atoms with Crippen LogP contribution in [0, 0.1) is 17.0 Å². The standard InChI is InChI=1S/C17H17N3O6/c1-10-3-5-12(17(18)22)15(7-10)26-9-16(21)19-13-8-11(20(23)24)4-6-14(13)25-2/h3-8H,9H2,1-2H3,(H2,18,22)(H,19,21). The Hall–Kier alpha value is -3.62. The lowest BCUT2D eigenvalue weighted by Gasteiger charge is -2.12. The van der Waals surface area contributed by atoms with Crippen LogP contribution in [0.15, 0.2) is 36.4 Å². The van der Waals surface area contributed by atoms with E-state index < -0.39 is 23.3 Å². The van der Waals surface area contributed by atoms with Crippen LogP contribution in [0.2, 0.25) is 0 Å². The van der Waals surface area contributed by atoms with E-state index in [1.165, 1.54) is 31.4 Å². The Balaban J connectivity index is 2.13. The molecule has 0 aliphatic rings. The molecule has 2 rings (SSSR count). The maximum absolute atomic E-state index is 12.1. The molecule has 0 unspecified atom stereocenters. The van der Waals surface area contributed by atoms with Crippen molar-refractivity contribution < 1.29 is 24.0 Å². The Kier molecular flexibility index (Phi) is 5.74. The number of nitro groups is 1. The number of amides is 2. The third-order valence-corrected chi connectivity index (χ3v) is 3.43. The van der Waals surface area contributed by atoms with E-state index >= 15 is 0 Å². The number of non-ortho nitro benzene ring substituents is 1. The number of hydrogen-bond acceptors (Lipinski definition) is 6. The second-order valence-electron chi connectivity index (χ2n) is 5.34. The quantitative estimate of drug-likeness (QED) is 0.574. The molecule has 0 atom stereocenters. The van der Waals surface area contributed by atoms with Gasteiger partial charge in [0, 0.05) is 12.1 Å². The molecule has 0 bridgehead atoms. The van der Waals surface area contributed by atoms with Gasteiger partial charge in [-0.15, -0.1) is 0 Å². The number of hydrogen-bond donors (Lipinski definition) is 2. The van der Waals surface area contributed by atoms with Gasteiger partial charge in [0.2, 0.25) is 0 Å². The van der Waals surface area contributed by atoms with Gasteiger partial charge in [-0.25, -0.2) is 0 Å². The molecule has 0 aliphatic heterocycles. The molecule has 2 amide bonds. The molecule has 0 saturated carbocycles. The summed E-state index contributed by atoms with van der Waals surface area (Å²) in [5, 5.41) is 13.3. The summed E-state index contributed by atoms with van der Waals surface area (Å²) in [6, 6.07) is 8.60. The molecule has 0 aliphatic carbocycles. The Labute approximate surface area is 148 Å². The van der Waals surface area contributed by atoms with Gasteiger partial charge in [-0.2, -0.15) is 0 Å². The first-order valence-electron chi connectivity index (χ1n) is 7.47. The summed E-state index contributed by atoms with van der Waals surface area (Å²) < 4.78 is 10.4. The minimum absolute atomic E-state index is 0.134. The van der Waals surface area contributed by atoms with Gasteiger partial charge in [0.15, 0.2) is 6.61 Å². The van der Waals surface area contributed by atoms with Crippen molar-refractivity contribution in [2.24, 2.45) is 5.73 Å². The maximum Gasteiger partial charge on any atom is 0.271 e. The van der Waals surface area contributed by atoms with Crippen molar-refractivity contribution in [3.63, 3.8) is 0 Å². The van der Waals surface area contributed by atoms with Crippen molar-refractivity contribution in [3.05, 3.63) is 57.6 Å². The van der Waals surface area contributed by atoms with Gasteiger partial charge >= 0.3 is 0 Å². The van der Waals surface area contributed by atoms with Crippen molar-refractivity contribution in [1.82, 2.24) is 0 Å². The molecule has 0 aromatic heterocycles. The van der Waals surface area contributed by atoms with Crippen molar-refractivity contribution in [1.29, 1.82) is 0 Å². The first kappa shape index (κ1) is 18.7. The van der Waals surface area contributed by atoms with Crippen LogP contribution in [0.5, 0.6) is 11.5 Å². The SMILES string of the molecule is COc1ccc([N+](=O)[O-])cc1NC(=O)COc1cc(C)ccc1C(N)=O. The molecular weight excluding hydrogens is 342 g/mol. The van der Waals surface area contributed by atoms with Gasteiger partial charge < -0.3 is 20.5 Å². The van der Waals surface area contributed by atoms with Gasteiger partial charge in [-0.3, -0.25) is 19.7 Å². The monoisotopic (exact) mass is 359 g/mol. The minimum atomic E-state index is -0.680. The molecule has 9 heteroatoms. The summed E-state index contributed by atoms with van der Waals surface area (Å²) in [5.41, 5.74) is 6.19. The maximum atomic E-state index is 12.1. The summed E-state index contributed by atoms with van der Waals surface area (Å²) in [7, 11) is 1.37. The van der Waals surface area contributed by atoms with Crippen LogP contribution in [-0.2, 0) is 4.79 Å². The zero-order chi connectivity index (χ0) is 19.3. The molecule has 26 heavy (non-hydrogen) atoms. The molecule has 0 fully saturated rings. The molecule has 0 saturated heterocycles. The van der Waals surface area contributed by atoms with Crippen LogP contribution in [0.3, 0.4) is 0 Å². The van der Waals surface area contributed by atoms with Crippen LogP contribution in [0.25, 0.3) is 0 Å². The van der Waals surface area contributed by atoms with Crippen molar-refractivity contribution in [2.75, 3.05) is 19.0 Å². The number of nitro benzene ring substituents is 1. The van der Waals surface area contributed by atoms with Crippen LogP contribution in [0.1, 0.15) is 15.9 Å². The Morgan fingerprint density at radius 2 is 1.92 bits per heavy atom. The van der Waals surface area contributed by atoms with E-state index in [4.69, 9.17) is 15.2 Å². The smallest absolute Gasteiger partial charge is 0.271 e. The zero-order valence-corrected chi connectivity index (χ0v) is 14.1. The van der Waals surface area contributed by atoms with E-state index in [9.17, 15) is 19.7 Å². The number of rotatable bonds is 7. The van der Waals surface area contributed by atoms with Crippen LogP contribution < -0.4 is 20.5 Å². The second kappa shape index (κ2) is 7.97. The lowest BCUT2D eigenvalue weighted by Crippen LogP contribution is -2.22. The topological polar surface area (TPSA) is 134 Å². The number of nitrogens with one attached hydrogen (secondary N) is 1. The zero-order valence-electron chi connectivity index (χ0n) is 14.1. The number of carbonyl (C=O) groups excluding carboxylic acids is 2. The molecule has 0 spiro atoms. The van der Waals surface area contributed by atoms with Gasteiger partial charge in [-0.1, -0.05) is 6.07 Å². The predicted octanol–water partition coefficient (Wildman–Crippen LogP) is 2.03. The highest BCUT2D eigenvalue weighted by atomic mass is 16.6. The third-order valence-electron chi connectivity index (χ3n) is 3.43. The first-order chi connectivity index (χ1) is 12.3. The molecule has 9 nitrogen and oxygen atoms in total. The van der Waals surface area contributed by atoms with E-state index in [-0.39, 0.29) is 28.4 Å². The summed E-state index contributed by atoms with van der Waals surface area (Å²) in [5.74, 6) is -0.822. The van der Waals surface area contributed by atoms with E-state index in [1.54, 1.807) is 19.1 Å². The van der Waals surface area contributed by atoms with Gasteiger partial charge in [-0.05, 0) is 30.7 Å². The van der Waals surface area contributed by atoms with Crippen molar-refractivity contribution in [2.45, 2.75) is 6.92 Å². The second-order valence-corrected chi connectivity index (χ2v) is 5.34. The highest BCUT2D eigenvalue weighted by molar-refractivity contribution is 5.96. The summed E-state index contributed by atoms with van der Waals surface area (Å²) in [6.45, 7) is 1.38. The van der Waals surface area contributed by atoms with Crippen LogP contribution in [-0.4, -0.2) is 30.5 Å². The summed E-state index contributed by atoms with van der Waals surface area (Å²) in [6.07, 6.45) is 0. The molecule has 2 aromatic rings. The van der Waals surface area contributed by atoms with E-state index in [0.717, 1.165) is 5.56 Å². The van der Waals surface area contributed by atoms with E-state index in [2.05, 4.69) is 5.32 Å². The fourth-order valence-corrected chi connectivity index (χ4v) is 2.19. The normalized spacial score (nSPS) is 10.1. The molecule has 3 N–H and O–H groups in total. The average molecular weight is 359 g/mol. The summed E-state index contributed by atoms with van der Waals surface area (Å²) >= 11 is 0. The number of aryl methyl sites for hydroxylation is 1. The Morgan fingerprint density at radius 3 is 2.54 bits per heavy atom. The van der Waals surface area contributed by atoms with Gasteiger partial charge in [0.1, 0.15) is 11.5 Å². The minimum Gasteiger partial charge on any atom is -0.495 e. The molecule has 2 aromatic carbocycles. The number of methoxy groups -OCH3 is 1. The van der Waals surface area contributed by atoms with Crippen molar-refractivity contribution in [3.8, 4) is 11.5 Å². The fraction of sp³-hybridized carbons (Fsp3) is 0.176. The Bertz CT molecular complexity index is 866. The van der Waals surface area contributed by atoms with E-state index in [1.807, 2.05) is 0 Å². The predicted molar refractivity (Wildman–Crippen MR) is 93.5 cm³/mol. The van der Waals surface area contributed by atoms with Gasteiger partial charge in [0.25, 0.3) is 17.5 Å². The lowest BCUT2D eigenvalue weighted by molar-refractivity contribution is -0.384. The third kappa shape index (κ3) is 4.47. The van der Waals surface area contributed by atoms with E-state index in [0.29, 0.717) is 0 Å². The average Bonchev–Trinajstić information content (AvgIpc) is 2.59. The lowest BCUT2D eigenvalue weighted by atomic mass is 10.1. The molecule has 136 valence electrons. The van der Waals surface area contributed by atoms with Gasteiger partial charge in [0.05, 0.1) is 23.3 Å². The number of nitrogens with zero attached hydrogens (tertiary/aromatic N) is 1. The largest absolute Gasteiger partial charge is 0.495 e. The number of ether oxygens (including phenoxy) is 2. The number of primary amides is 1. The highest BCUT2D eigenvalue weighted by Crippen LogP contribution is 2.29. The van der Waals surface area contributed by atoms with Crippen molar-refractivity contribution >= 4 is 23.2 Å². The Morgan fingerprint density at radius 1 is 1.19 bits per heavy atom. The number of benzene rings is 2. The molecule has 0 heterocycles. The van der Waals surface area contributed by atoms with Crippen LogP contribution in [0.4, 0.5) is 11.4 Å². The fourth-order valence-electron chi connectivity index (χ4n) is 2.19. The highest BCUT2D eigenvalue weighted by Gasteiger charge is 2.15. The number of carbonyl (C=O) groups is 2. The van der Waals surface area contributed by atoms with Crippen LogP contribution >= 0.6 is 0 Å². The molecular formula is C17H17N3O6. The first-order valence-corrected chi connectivity index (χ1v) is 7.47. The molecule has 0 radical (unpaired) electrons.